The molecule has 26 heavy (non-hydrogen) atoms. The quantitative estimate of drug-likeness (QED) is 0.915. The van der Waals surface area contributed by atoms with Crippen molar-refractivity contribution in [2.45, 2.75) is 34.1 Å². The average Bonchev–Trinajstić information content (AvgIpc) is 2.63. The number of anilines is 3. The van der Waals surface area contributed by atoms with Gasteiger partial charge in [-0.05, 0) is 31.4 Å². The zero-order chi connectivity index (χ0) is 18.7. The number of carbonyl (C=O) groups excluding carboxylic acids is 1. The van der Waals surface area contributed by atoms with E-state index in [1.807, 2.05) is 17.9 Å². The SMILES string of the molecule is CCc1cccc(C)c1Nc1cc(N2CCN(C(C)=O)CC2)nc(C)n1. The molecule has 1 N–H and O–H groups in total. The van der Waals surface area contributed by atoms with Gasteiger partial charge in [0.15, 0.2) is 0 Å². The van der Waals surface area contributed by atoms with Gasteiger partial charge in [0.05, 0.1) is 0 Å². The van der Waals surface area contributed by atoms with Crippen LogP contribution < -0.4 is 10.2 Å². The molecule has 2 heterocycles. The van der Waals surface area contributed by atoms with Crippen molar-refractivity contribution < 1.29 is 4.79 Å². The van der Waals surface area contributed by atoms with Gasteiger partial charge >= 0.3 is 0 Å². The third-order valence-corrected chi connectivity index (χ3v) is 4.87. The predicted octanol–water partition coefficient (Wildman–Crippen LogP) is 3.07. The zero-order valence-electron chi connectivity index (χ0n) is 16.0. The number of aromatic nitrogens is 2. The maximum Gasteiger partial charge on any atom is 0.219 e. The number of carbonyl (C=O) groups is 1. The van der Waals surface area contributed by atoms with Crippen LogP contribution in [0.5, 0.6) is 0 Å². The van der Waals surface area contributed by atoms with Gasteiger partial charge in [0.1, 0.15) is 17.5 Å². The number of piperazine rings is 1. The highest BCUT2D eigenvalue weighted by molar-refractivity contribution is 5.73. The average molecular weight is 353 g/mol. The highest BCUT2D eigenvalue weighted by Crippen LogP contribution is 2.26. The van der Waals surface area contributed by atoms with Gasteiger partial charge in [0.25, 0.3) is 0 Å². The Balaban J connectivity index is 1.82. The Morgan fingerprint density at radius 3 is 2.54 bits per heavy atom. The molecule has 3 rings (SSSR count). The fourth-order valence-corrected chi connectivity index (χ4v) is 3.36. The molecule has 6 heteroatoms. The van der Waals surface area contributed by atoms with Gasteiger partial charge in [-0.2, -0.15) is 0 Å². The lowest BCUT2D eigenvalue weighted by Crippen LogP contribution is -2.48. The second-order valence-electron chi connectivity index (χ2n) is 6.74. The van der Waals surface area contributed by atoms with E-state index >= 15 is 0 Å². The molecule has 1 amide bonds. The van der Waals surface area contributed by atoms with E-state index in [4.69, 9.17) is 0 Å². The molecule has 1 aliphatic rings. The molecule has 1 aromatic heterocycles. The molecule has 0 atom stereocenters. The summed E-state index contributed by atoms with van der Waals surface area (Å²) in [6.07, 6.45) is 0.966. The fraction of sp³-hybridized carbons (Fsp3) is 0.450. The van der Waals surface area contributed by atoms with Crippen LogP contribution in [0.2, 0.25) is 0 Å². The van der Waals surface area contributed by atoms with Crippen LogP contribution in [0.3, 0.4) is 0 Å². The van der Waals surface area contributed by atoms with Crippen LogP contribution in [0.25, 0.3) is 0 Å². The first-order valence-corrected chi connectivity index (χ1v) is 9.19. The molecule has 0 aliphatic carbocycles. The summed E-state index contributed by atoms with van der Waals surface area (Å²) in [5, 5.41) is 3.50. The summed E-state index contributed by atoms with van der Waals surface area (Å²) in [6.45, 7) is 10.9. The van der Waals surface area contributed by atoms with Crippen molar-refractivity contribution in [3.05, 3.63) is 41.2 Å². The molecule has 6 nitrogen and oxygen atoms in total. The Morgan fingerprint density at radius 2 is 1.88 bits per heavy atom. The van der Waals surface area contributed by atoms with Gasteiger partial charge in [0, 0.05) is 44.9 Å². The van der Waals surface area contributed by atoms with Crippen molar-refractivity contribution in [3.8, 4) is 0 Å². The number of amides is 1. The number of para-hydroxylation sites is 1. The van der Waals surface area contributed by atoms with Crippen LogP contribution in [-0.2, 0) is 11.2 Å². The van der Waals surface area contributed by atoms with Gasteiger partial charge in [-0.1, -0.05) is 25.1 Å². The van der Waals surface area contributed by atoms with E-state index < -0.39 is 0 Å². The fourth-order valence-electron chi connectivity index (χ4n) is 3.36. The van der Waals surface area contributed by atoms with E-state index in [-0.39, 0.29) is 5.91 Å². The molecule has 1 saturated heterocycles. The van der Waals surface area contributed by atoms with Crippen molar-refractivity contribution in [3.63, 3.8) is 0 Å². The normalized spacial score (nSPS) is 14.5. The van der Waals surface area contributed by atoms with E-state index in [0.29, 0.717) is 0 Å². The monoisotopic (exact) mass is 353 g/mol. The molecule has 0 unspecified atom stereocenters. The molecule has 0 radical (unpaired) electrons. The van der Waals surface area contributed by atoms with Crippen LogP contribution in [0.1, 0.15) is 30.8 Å². The Hall–Kier alpha value is -2.63. The first-order valence-electron chi connectivity index (χ1n) is 9.19. The molecule has 0 saturated carbocycles. The lowest BCUT2D eigenvalue weighted by Gasteiger charge is -2.35. The van der Waals surface area contributed by atoms with E-state index in [0.717, 1.165) is 55.7 Å². The highest BCUT2D eigenvalue weighted by Gasteiger charge is 2.20. The van der Waals surface area contributed by atoms with Crippen molar-refractivity contribution >= 4 is 23.2 Å². The Kier molecular flexibility index (Phi) is 5.40. The van der Waals surface area contributed by atoms with Crippen molar-refractivity contribution in [2.75, 3.05) is 36.4 Å². The summed E-state index contributed by atoms with van der Waals surface area (Å²) in [7, 11) is 0. The summed E-state index contributed by atoms with van der Waals surface area (Å²) in [5.41, 5.74) is 3.61. The summed E-state index contributed by atoms with van der Waals surface area (Å²) >= 11 is 0. The molecule has 138 valence electrons. The maximum absolute atomic E-state index is 11.5. The van der Waals surface area contributed by atoms with E-state index in [9.17, 15) is 4.79 Å². The highest BCUT2D eigenvalue weighted by atomic mass is 16.2. The Bertz CT molecular complexity index is 797. The molecule has 1 aliphatic heterocycles. The van der Waals surface area contributed by atoms with Crippen molar-refractivity contribution in [1.29, 1.82) is 0 Å². The summed E-state index contributed by atoms with van der Waals surface area (Å²) in [4.78, 5) is 24.8. The Morgan fingerprint density at radius 1 is 1.15 bits per heavy atom. The predicted molar refractivity (Wildman–Crippen MR) is 105 cm³/mol. The molecule has 1 aromatic carbocycles. The lowest BCUT2D eigenvalue weighted by molar-refractivity contribution is -0.129. The zero-order valence-corrected chi connectivity index (χ0v) is 16.0. The van der Waals surface area contributed by atoms with Crippen LogP contribution >= 0.6 is 0 Å². The number of rotatable bonds is 4. The standard InChI is InChI=1S/C20H27N5O/c1-5-17-8-6-7-14(2)20(17)23-18-13-19(22-15(3)21-18)25-11-9-24(10-12-25)16(4)26/h6-8,13H,5,9-12H2,1-4H3,(H,21,22,23). The molecule has 0 bridgehead atoms. The first-order chi connectivity index (χ1) is 12.5. The third-order valence-electron chi connectivity index (χ3n) is 4.87. The minimum Gasteiger partial charge on any atom is -0.353 e. The molecule has 0 spiro atoms. The van der Waals surface area contributed by atoms with Crippen LogP contribution in [0.15, 0.2) is 24.3 Å². The third kappa shape index (κ3) is 3.95. The van der Waals surface area contributed by atoms with Gasteiger partial charge in [-0.15, -0.1) is 0 Å². The van der Waals surface area contributed by atoms with E-state index in [1.54, 1.807) is 6.92 Å². The maximum atomic E-state index is 11.5. The number of aryl methyl sites for hydroxylation is 3. The van der Waals surface area contributed by atoms with E-state index in [1.165, 1.54) is 11.1 Å². The topological polar surface area (TPSA) is 61.4 Å². The second kappa shape index (κ2) is 7.72. The van der Waals surface area contributed by atoms with Gasteiger partial charge < -0.3 is 15.1 Å². The van der Waals surface area contributed by atoms with Gasteiger partial charge in [-0.3, -0.25) is 4.79 Å². The number of hydrogen-bond donors (Lipinski definition) is 1. The van der Waals surface area contributed by atoms with Crippen molar-refractivity contribution in [1.82, 2.24) is 14.9 Å². The number of nitrogens with one attached hydrogen (secondary N) is 1. The number of nitrogens with zero attached hydrogens (tertiary/aromatic N) is 4. The molecular formula is C20H27N5O. The lowest BCUT2D eigenvalue weighted by atomic mass is 10.1. The molecule has 2 aromatic rings. The van der Waals surface area contributed by atoms with Crippen molar-refractivity contribution in [2.24, 2.45) is 0 Å². The van der Waals surface area contributed by atoms with Gasteiger partial charge in [-0.25, -0.2) is 9.97 Å². The summed E-state index contributed by atoms with van der Waals surface area (Å²) in [5.74, 6) is 2.60. The molecular weight excluding hydrogens is 326 g/mol. The minimum absolute atomic E-state index is 0.137. The Labute approximate surface area is 155 Å². The van der Waals surface area contributed by atoms with Gasteiger partial charge in [0.2, 0.25) is 5.91 Å². The van der Waals surface area contributed by atoms with Crippen LogP contribution in [0, 0.1) is 13.8 Å². The molecule has 1 fully saturated rings. The first kappa shape index (κ1) is 18.2. The summed E-state index contributed by atoms with van der Waals surface area (Å²) in [6, 6.07) is 8.34. The van der Waals surface area contributed by atoms with Crippen LogP contribution in [0.4, 0.5) is 17.3 Å². The number of hydrogen-bond acceptors (Lipinski definition) is 5. The minimum atomic E-state index is 0.137. The second-order valence-corrected chi connectivity index (χ2v) is 6.74. The largest absolute Gasteiger partial charge is 0.353 e. The van der Waals surface area contributed by atoms with Crippen LogP contribution in [-0.4, -0.2) is 47.0 Å². The summed E-state index contributed by atoms with van der Waals surface area (Å²) < 4.78 is 0. The van der Waals surface area contributed by atoms with E-state index in [2.05, 4.69) is 52.2 Å². The smallest absolute Gasteiger partial charge is 0.219 e. The number of benzene rings is 1.